The van der Waals surface area contributed by atoms with Crippen LogP contribution >= 0.6 is 15.9 Å². The third-order valence-electron chi connectivity index (χ3n) is 3.65. The van der Waals surface area contributed by atoms with Gasteiger partial charge in [0, 0.05) is 23.2 Å². The lowest BCUT2D eigenvalue weighted by Crippen LogP contribution is -2.01. The van der Waals surface area contributed by atoms with E-state index in [2.05, 4.69) is 31.1 Å². The van der Waals surface area contributed by atoms with Crippen LogP contribution in [-0.2, 0) is 16.1 Å². The van der Waals surface area contributed by atoms with Crippen LogP contribution in [0.15, 0.2) is 68.2 Å². The van der Waals surface area contributed by atoms with Crippen molar-refractivity contribution in [2.45, 2.75) is 6.61 Å². The third-order valence-corrected chi connectivity index (χ3v) is 4.08. The number of carbonyl (C=O) groups is 1. The molecule has 0 aliphatic carbocycles. The molecule has 0 radical (unpaired) electrons. The first-order valence-corrected chi connectivity index (χ1v) is 8.75. The molecule has 0 spiro atoms. The minimum absolute atomic E-state index is 0.133. The summed E-state index contributed by atoms with van der Waals surface area (Å²) >= 11 is 3.20. The molecule has 4 aromatic rings. The molecule has 7 nitrogen and oxygen atoms in total. The topological polar surface area (TPSA) is 91.2 Å². The van der Waals surface area contributed by atoms with E-state index in [0.29, 0.717) is 10.4 Å². The summed E-state index contributed by atoms with van der Waals surface area (Å²) in [5.41, 5.74) is 1.64. The van der Waals surface area contributed by atoms with Gasteiger partial charge in [0.25, 0.3) is 11.8 Å². The Morgan fingerprint density at radius 2 is 2.00 bits per heavy atom. The number of pyridine rings is 1. The monoisotopic (exact) mass is 425 g/mol. The molecule has 8 heteroatoms. The molecule has 3 heterocycles. The first-order chi connectivity index (χ1) is 13.2. The molecule has 0 atom stereocenters. The SMILES string of the molecule is O=C(C=Cc1cccc2cccnc12)OCc1nnc(-c2ccc(Br)o2)o1. The van der Waals surface area contributed by atoms with Crippen LogP contribution in [0.5, 0.6) is 0 Å². The number of nitrogens with zero attached hydrogens (tertiary/aromatic N) is 3. The molecule has 0 bridgehead atoms. The van der Waals surface area contributed by atoms with E-state index in [-0.39, 0.29) is 18.4 Å². The molecule has 0 N–H and O–H groups in total. The van der Waals surface area contributed by atoms with Crippen molar-refractivity contribution in [3.05, 3.63) is 70.9 Å². The molecule has 0 aliphatic heterocycles. The summed E-state index contributed by atoms with van der Waals surface area (Å²) < 4.78 is 16.4. The van der Waals surface area contributed by atoms with Crippen LogP contribution < -0.4 is 0 Å². The highest BCUT2D eigenvalue weighted by Crippen LogP contribution is 2.24. The average molecular weight is 426 g/mol. The van der Waals surface area contributed by atoms with Gasteiger partial charge in [-0.1, -0.05) is 24.3 Å². The zero-order chi connectivity index (χ0) is 18.6. The van der Waals surface area contributed by atoms with Crippen molar-refractivity contribution in [3.63, 3.8) is 0 Å². The molecule has 0 fully saturated rings. The van der Waals surface area contributed by atoms with Gasteiger partial charge in [-0.15, -0.1) is 10.2 Å². The van der Waals surface area contributed by atoms with Gasteiger partial charge in [-0.25, -0.2) is 4.79 Å². The van der Waals surface area contributed by atoms with Crippen molar-refractivity contribution in [2.75, 3.05) is 0 Å². The average Bonchev–Trinajstić information content (AvgIpc) is 3.33. The second-order valence-corrected chi connectivity index (χ2v) is 6.25. The first-order valence-electron chi connectivity index (χ1n) is 7.96. The highest BCUT2D eigenvalue weighted by atomic mass is 79.9. The lowest BCUT2D eigenvalue weighted by Gasteiger charge is -2.01. The number of carbonyl (C=O) groups excluding carboxylic acids is 1. The van der Waals surface area contributed by atoms with Crippen LogP contribution in [0.25, 0.3) is 28.6 Å². The number of fused-ring (bicyclic) bond motifs is 1. The zero-order valence-electron chi connectivity index (χ0n) is 13.8. The van der Waals surface area contributed by atoms with Crippen LogP contribution in [0.2, 0.25) is 0 Å². The highest BCUT2D eigenvalue weighted by Gasteiger charge is 2.13. The molecule has 134 valence electrons. The maximum atomic E-state index is 12.0. The molecule has 0 saturated carbocycles. The Morgan fingerprint density at radius 3 is 2.85 bits per heavy atom. The van der Waals surface area contributed by atoms with E-state index in [0.717, 1.165) is 16.5 Å². The largest absolute Gasteiger partial charge is 0.452 e. The maximum absolute atomic E-state index is 12.0. The van der Waals surface area contributed by atoms with E-state index in [1.54, 1.807) is 24.4 Å². The molecule has 3 aromatic heterocycles. The summed E-state index contributed by atoms with van der Waals surface area (Å²) in [4.78, 5) is 16.3. The molecule has 0 saturated heterocycles. The van der Waals surface area contributed by atoms with Gasteiger partial charge in [0.15, 0.2) is 17.0 Å². The quantitative estimate of drug-likeness (QED) is 0.345. The minimum Gasteiger partial charge on any atom is -0.452 e. The normalized spacial score (nSPS) is 11.3. The fraction of sp³-hybridized carbons (Fsp3) is 0.0526. The van der Waals surface area contributed by atoms with Crippen molar-refractivity contribution in [1.82, 2.24) is 15.2 Å². The third kappa shape index (κ3) is 3.95. The zero-order valence-corrected chi connectivity index (χ0v) is 15.4. The molecule has 27 heavy (non-hydrogen) atoms. The van der Waals surface area contributed by atoms with E-state index in [1.165, 1.54) is 6.08 Å². The smallest absolute Gasteiger partial charge is 0.331 e. The van der Waals surface area contributed by atoms with Gasteiger partial charge < -0.3 is 13.6 Å². The van der Waals surface area contributed by atoms with Crippen molar-refractivity contribution < 1.29 is 18.4 Å². The summed E-state index contributed by atoms with van der Waals surface area (Å²) in [6.45, 7) is -0.133. The van der Waals surface area contributed by atoms with Gasteiger partial charge >= 0.3 is 5.97 Å². The summed E-state index contributed by atoms with van der Waals surface area (Å²) in [6.07, 6.45) is 4.71. The number of ether oxygens (including phenoxy) is 1. The fourth-order valence-corrected chi connectivity index (χ4v) is 2.75. The van der Waals surface area contributed by atoms with Gasteiger partial charge in [0.2, 0.25) is 0 Å². The number of hydrogen-bond donors (Lipinski definition) is 0. The van der Waals surface area contributed by atoms with Crippen LogP contribution in [0.3, 0.4) is 0 Å². The molecule has 1 aromatic carbocycles. The molecule has 0 unspecified atom stereocenters. The standard InChI is InChI=1S/C19H12BrN3O4/c20-15-8-7-14(26-15)19-23-22-16(27-19)11-25-17(24)9-6-13-4-1-3-12-5-2-10-21-18(12)13/h1-10H,11H2. The Kier molecular flexibility index (Phi) is 4.80. The van der Waals surface area contributed by atoms with Crippen LogP contribution in [-0.4, -0.2) is 21.2 Å². The Balaban J connectivity index is 1.40. The van der Waals surface area contributed by atoms with E-state index in [4.69, 9.17) is 13.6 Å². The Bertz CT molecular complexity index is 1130. The fourth-order valence-electron chi connectivity index (χ4n) is 2.44. The first kappa shape index (κ1) is 17.2. The molecular formula is C19H12BrN3O4. The summed E-state index contributed by atoms with van der Waals surface area (Å²) in [5.74, 6) is 0.286. The number of para-hydroxylation sites is 1. The summed E-state index contributed by atoms with van der Waals surface area (Å²) in [5, 5.41) is 8.68. The lowest BCUT2D eigenvalue weighted by molar-refractivity contribution is -0.139. The Morgan fingerprint density at radius 1 is 1.11 bits per heavy atom. The lowest BCUT2D eigenvalue weighted by atomic mass is 10.1. The van der Waals surface area contributed by atoms with Crippen LogP contribution in [0, 0.1) is 0 Å². The van der Waals surface area contributed by atoms with E-state index in [9.17, 15) is 4.79 Å². The van der Waals surface area contributed by atoms with Crippen LogP contribution in [0.1, 0.15) is 11.5 Å². The van der Waals surface area contributed by atoms with Crippen molar-refractivity contribution >= 4 is 38.9 Å². The summed E-state index contributed by atoms with van der Waals surface area (Å²) in [6, 6.07) is 13.0. The summed E-state index contributed by atoms with van der Waals surface area (Å²) in [7, 11) is 0. The molecule has 0 aliphatic rings. The second kappa shape index (κ2) is 7.55. The van der Waals surface area contributed by atoms with Gasteiger partial charge in [-0.2, -0.15) is 0 Å². The molecular weight excluding hydrogens is 414 g/mol. The van der Waals surface area contributed by atoms with Crippen molar-refractivity contribution in [2.24, 2.45) is 0 Å². The predicted molar refractivity (Wildman–Crippen MR) is 100 cm³/mol. The maximum Gasteiger partial charge on any atom is 0.331 e. The number of hydrogen-bond acceptors (Lipinski definition) is 7. The van der Waals surface area contributed by atoms with E-state index < -0.39 is 5.97 Å². The van der Waals surface area contributed by atoms with Gasteiger partial charge in [0.1, 0.15) is 0 Å². The van der Waals surface area contributed by atoms with Crippen LogP contribution in [0.4, 0.5) is 0 Å². The Hall–Kier alpha value is -3.26. The number of furan rings is 1. The predicted octanol–water partition coefficient (Wildman–Crippen LogP) is 4.40. The number of halogens is 1. The second-order valence-electron chi connectivity index (χ2n) is 5.47. The minimum atomic E-state index is -0.525. The van der Waals surface area contributed by atoms with E-state index >= 15 is 0 Å². The Labute approximate surface area is 161 Å². The number of rotatable bonds is 5. The van der Waals surface area contributed by atoms with Gasteiger partial charge in [-0.3, -0.25) is 4.98 Å². The number of aromatic nitrogens is 3. The van der Waals surface area contributed by atoms with E-state index in [1.807, 2.05) is 30.3 Å². The van der Waals surface area contributed by atoms with Crippen molar-refractivity contribution in [1.29, 1.82) is 0 Å². The van der Waals surface area contributed by atoms with Gasteiger partial charge in [0.05, 0.1) is 5.52 Å². The number of esters is 1. The van der Waals surface area contributed by atoms with Gasteiger partial charge in [-0.05, 0) is 40.2 Å². The molecule has 4 rings (SSSR count). The molecule has 0 amide bonds. The van der Waals surface area contributed by atoms with Crippen molar-refractivity contribution in [3.8, 4) is 11.7 Å². The number of benzene rings is 1. The highest BCUT2D eigenvalue weighted by molar-refractivity contribution is 9.10.